The zero-order valence-electron chi connectivity index (χ0n) is 16.7. The molecule has 2 N–H and O–H groups in total. The van der Waals surface area contributed by atoms with E-state index >= 15 is 0 Å². The largest absolute Gasteiger partial charge is 0.496 e. The molecule has 150 valence electrons. The van der Waals surface area contributed by atoms with E-state index in [4.69, 9.17) is 9.47 Å². The normalized spacial score (nSPS) is 23.1. The van der Waals surface area contributed by atoms with Crippen molar-refractivity contribution in [3.63, 3.8) is 0 Å². The first-order valence-corrected chi connectivity index (χ1v) is 9.79. The van der Waals surface area contributed by atoms with Gasteiger partial charge in [-0.3, -0.25) is 4.79 Å². The second-order valence-corrected chi connectivity index (χ2v) is 7.90. The van der Waals surface area contributed by atoms with Crippen LogP contribution in [0, 0.1) is 17.8 Å². The molecule has 3 heterocycles. The Morgan fingerprint density at radius 2 is 1.83 bits per heavy atom. The second-order valence-electron chi connectivity index (χ2n) is 7.90. The van der Waals surface area contributed by atoms with Gasteiger partial charge in [0.25, 0.3) is 0 Å². The van der Waals surface area contributed by atoms with Gasteiger partial charge in [-0.25, -0.2) is 4.98 Å². The highest BCUT2D eigenvalue weighted by atomic mass is 16.5. The number of amides is 1. The van der Waals surface area contributed by atoms with Crippen LogP contribution >= 0.6 is 0 Å². The summed E-state index contributed by atoms with van der Waals surface area (Å²) in [6, 6.07) is 9.53. The van der Waals surface area contributed by atoms with Crippen LogP contribution in [-0.4, -0.2) is 55.1 Å². The minimum atomic E-state index is 0.0816. The maximum atomic E-state index is 12.6. The molecule has 0 spiro atoms. The molecule has 7 nitrogen and oxygen atoms in total. The van der Waals surface area contributed by atoms with Crippen LogP contribution in [0.2, 0.25) is 0 Å². The molecule has 2 aliphatic rings. The summed E-state index contributed by atoms with van der Waals surface area (Å²) in [4.78, 5) is 22.7. The van der Waals surface area contributed by atoms with E-state index in [1.54, 1.807) is 14.2 Å². The van der Waals surface area contributed by atoms with E-state index in [0.717, 1.165) is 41.1 Å². The van der Waals surface area contributed by atoms with Crippen LogP contribution in [0.3, 0.4) is 0 Å². The number of anilines is 1. The fourth-order valence-corrected chi connectivity index (χ4v) is 4.73. The van der Waals surface area contributed by atoms with E-state index in [2.05, 4.69) is 27.2 Å². The van der Waals surface area contributed by atoms with Crippen molar-refractivity contribution < 1.29 is 14.3 Å². The first-order valence-electron chi connectivity index (χ1n) is 9.79. The number of methoxy groups -OCH3 is 2. The first kappa shape index (κ1) is 18.0. The second kappa shape index (κ2) is 6.77. The number of benzene rings is 1. The number of aromatic amines is 1. The summed E-state index contributed by atoms with van der Waals surface area (Å²) in [7, 11) is 5.39. The number of pyridine rings is 1. The Hall–Kier alpha value is -3.06. The third-order valence-corrected chi connectivity index (χ3v) is 6.17. The number of hydrogen-bond acceptors (Lipinski definition) is 5. The van der Waals surface area contributed by atoms with E-state index in [-0.39, 0.29) is 11.8 Å². The molecule has 1 aromatic carbocycles. The molecule has 0 unspecified atom stereocenters. The van der Waals surface area contributed by atoms with E-state index in [1.165, 1.54) is 0 Å². The van der Waals surface area contributed by atoms with Gasteiger partial charge in [0.05, 0.1) is 19.8 Å². The highest BCUT2D eigenvalue weighted by molar-refractivity contribution is 5.99. The standard InChI is InChI=1S/C22H24N4O3/c1-26-10-14-15(11-26)19(14)22(27)25-18-8-7-12-13(9-23-21(12)24-18)20-16(28-2)5-4-6-17(20)29-3/h4-9,14-15,19H,10-11H2,1-3H3,(H2,23,24,25,27)/t14-,15+,19-. The number of aromatic nitrogens is 2. The molecule has 1 aliphatic carbocycles. The van der Waals surface area contributed by atoms with E-state index in [0.29, 0.717) is 23.3 Å². The number of nitrogens with one attached hydrogen (secondary N) is 2. The summed E-state index contributed by atoms with van der Waals surface area (Å²) in [5.74, 6) is 3.23. The topological polar surface area (TPSA) is 79.5 Å². The molecule has 1 aliphatic heterocycles. The molecule has 0 bridgehead atoms. The van der Waals surface area contributed by atoms with Crippen molar-refractivity contribution in [3.05, 3.63) is 36.5 Å². The lowest BCUT2D eigenvalue weighted by Gasteiger charge is -2.13. The average molecular weight is 392 g/mol. The van der Waals surface area contributed by atoms with Gasteiger partial charge in [-0.1, -0.05) is 6.07 Å². The number of carbonyl (C=O) groups excluding carboxylic acids is 1. The highest BCUT2D eigenvalue weighted by Gasteiger charge is 2.58. The lowest BCUT2D eigenvalue weighted by atomic mass is 10.0. The Morgan fingerprint density at radius 3 is 2.48 bits per heavy atom. The van der Waals surface area contributed by atoms with Crippen LogP contribution in [0.1, 0.15) is 0 Å². The number of hydrogen-bond donors (Lipinski definition) is 2. The molecule has 3 atom stereocenters. The van der Waals surface area contributed by atoms with Crippen molar-refractivity contribution in [1.82, 2.24) is 14.9 Å². The summed E-state index contributed by atoms with van der Waals surface area (Å²) >= 11 is 0. The van der Waals surface area contributed by atoms with Crippen LogP contribution in [0.5, 0.6) is 11.5 Å². The molecule has 29 heavy (non-hydrogen) atoms. The van der Waals surface area contributed by atoms with Crippen LogP contribution in [0.15, 0.2) is 36.5 Å². The number of nitrogens with zero attached hydrogens (tertiary/aromatic N) is 2. The zero-order valence-corrected chi connectivity index (χ0v) is 16.7. The molecule has 5 rings (SSSR count). The number of fused-ring (bicyclic) bond motifs is 2. The monoisotopic (exact) mass is 392 g/mol. The summed E-state index contributed by atoms with van der Waals surface area (Å²) in [6.07, 6.45) is 1.89. The van der Waals surface area contributed by atoms with E-state index in [9.17, 15) is 4.79 Å². The predicted molar refractivity (Wildman–Crippen MR) is 111 cm³/mol. The number of rotatable bonds is 5. The Bertz CT molecular complexity index is 1060. The minimum Gasteiger partial charge on any atom is -0.496 e. The van der Waals surface area contributed by atoms with Gasteiger partial charge >= 0.3 is 0 Å². The third-order valence-electron chi connectivity index (χ3n) is 6.17. The number of piperidine rings is 1. The summed E-state index contributed by atoms with van der Waals surface area (Å²) in [6.45, 7) is 2.02. The molecule has 1 amide bonds. The molecule has 3 aromatic rings. The lowest BCUT2D eigenvalue weighted by molar-refractivity contribution is -0.118. The van der Waals surface area contributed by atoms with E-state index in [1.807, 2.05) is 36.5 Å². The van der Waals surface area contributed by atoms with Crippen molar-refractivity contribution in [3.8, 4) is 22.6 Å². The van der Waals surface area contributed by atoms with Crippen molar-refractivity contribution in [2.75, 3.05) is 39.7 Å². The van der Waals surface area contributed by atoms with Gasteiger partial charge in [0.1, 0.15) is 23.0 Å². The fourth-order valence-electron chi connectivity index (χ4n) is 4.73. The lowest BCUT2D eigenvalue weighted by Crippen LogP contribution is -2.25. The molecule has 1 saturated heterocycles. The minimum absolute atomic E-state index is 0.0816. The van der Waals surface area contributed by atoms with Crippen molar-refractivity contribution >= 4 is 22.8 Å². The SMILES string of the molecule is COc1cccc(OC)c1-c1c[nH]c2nc(NC(=O)[C@@H]3[C@@H]4CN(C)C[C@@H]43)ccc12. The van der Waals surface area contributed by atoms with Gasteiger partial charge in [-0.05, 0) is 43.1 Å². The van der Waals surface area contributed by atoms with E-state index < -0.39 is 0 Å². The Morgan fingerprint density at radius 1 is 1.14 bits per heavy atom. The molecule has 7 heteroatoms. The molecular formula is C22H24N4O3. The summed E-state index contributed by atoms with van der Waals surface area (Å²) < 4.78 is 11.1. The maximum absolute atomic E-state index is 12.6. The quantitative estimate of drug-likeness (QED) is 0.698. The van der Waals surface area contributed by atoms with Gasteiger partial charge in [0.15, 0.2) is 0 Å². The molecule has 2 fully saturated rings. The van der Waals surface area contributed by atoms with Gasteiger partial charge in [0, 0.05) is 36.2 Å². The van der Waals surface area contributed by atoms with Crippen LogP contribution < -0.4 is 14.8 Å². The summed E-state index contributed by atoms with van der Waals surface area (Å²) in [5, 5.41) is 3.94. The molecular weight excluding hydrogens is 368 g/mol. The molecule has 0 radical (unpaired) electrons. The Kier molecular flexibility index (Phi) is 4.20. The summed E-state index contributed by atoms with van der Waals surface area (Å²) in [5.41, 5.74) is 2.53. The van der Waals surface area contributed by atoms with Gasteiger partial charge in [-0.15, -0.1) is 0 Å². The van der Waals surface area contributed by atoms with Crippen molar-refractivity contribution in [1.29, 1.82) is 0 Å². The zero-order chi connectivity index (χ0) is 20.1. The van der Waals surface area contributed by atoms with Gasteiger partial charge in [-0.2, -0.15) is 0 Å². The first-order chi connectivity index (χ1) is 14.1. The number of carbonyl (C=O) groups is 1. The third kappa shape index (κ3) is 2.93. The predicted octanol–water partition coefficient (Wildman–Crippen LogP) is 2.99. The molecule has 1 saturated carbocycles. The smallest absolute Gasteiger partial charge is 0.229 e. The van der Waals surface area contributed by atoms with Crippen LogP contribution in [-0.2, 0) is 4.79 Å². The van der Waals surface area contributed by atoms with Gasteiger partial charge < -0.3 is 24.7 Å². The van der Waals surface area contributed by atoms with Crippen LogP contribution in [0.4, 0.5) is 5.82 Å². The Labute approximate surface area is 169 Å². The maximum Gasteiger partial charge on any atom is 0.229 e. The number of likely N-dealkylation sites (tertiary alicyclic amines) is 1. The van der Waals surface area contributed by atoms with Crippen molar-refractivity contribution in [2.45, 2.75) is 0 Å². The average Bonchev–Trinajstić information content (AvgIpc) is 3.05. The van der Waals surface area contributed by atoms with Gasteiger partial charge in [0.2, 0.25) is 5.91 Å². The van der Waals surface area contributed by atoms with Crippen molar-refractivity contribution in [2.24, 2.45) is 17.8 Å². The Balaban J connectivity index is 1.42. The number of ether oxygens (including phenoxy) is 2. The van der Waals surface area contributed by atoms with Crippen LogP contribution in [0.25, 0.3) is 22.2 Å². The fraction of sp³-hybridized carbons (Fsp3) is 0.364. The highest BCUT2D eigenvalue weighted by Crippen LogP contribution is 2.51. The number of H-pyrrole nitrogens is 1. The molecule has 2 aromatic heterocycles.